The minimum atomic E-state index is -3.06. The second-order valence-corrected chi connectivity index (χ2v) is 11.7. The standard InChI is InChI=1S/C29H29F3N4O4S/c1-4-17-12-18(30)6-7-19(17)24-23(27(39)40-5-2)20(34-25(35-24)26-33-8-9-41-26)14-36-21-10-16(11-22(37)38)13-28(36,3)15-29(21,31)32/h1,6-9,12,16,21,24H,5,10-11,13-15H2,2-3H3,(H,34,35)(H,37,38)/t16-,21-,24?,28+/m0/s1. The van der Waals surface area contributed by atoms with Crippen LogP contribution in [0.3, 0.4) is 0 Å². The molecule has 12 heteroatoms. The normalized spacial score (nSPS) is 27.1. The molecule has 4 heterocycles. The fraction of sp³-hybridized carbons (Fsp3) is 0.448. The smallest absolute Gasteiger partial charge is 0.338 e. The first-order valence-electron chi connectivity index (χ1n) is 13.2. The number of ether oxygens (including phenoxy) is 1. The second-order valence-electron chi connectivity index (χ2n) is 10.8. The summed E-state index contributed by atoms with van der Waals surface area (Å²) in [5, 5.41) is 14.8. The molecule has 0 aliphatic carbocycles. The van der Waals surface area contributed by atoms with E-state index in [0.29, 0.717) is 22.1 Å². The summed E-state index contributed by atoms with van der Waals surface area (Å²) in [5.74, 6) is -2.98. The van der Waals surface area contributed by atoms with E-state index in [-0.39, 0.29) is 43.6 Å². The Morgan fingerprint density at radius 2 is 2.15 bits per heavy atom. The van der Waals surface area contributed by atoms with E-state index in [2.05, 4.69) is 16.2 Å². The highest BCUT2D eigenvalue weighted by Gasteiger charge is 2.63. The molecular formula is C29H29F3N4O4S. The van der Waals surface area contributed by atoms with Crippen LogP contribution in [-0.4, -0.2) is 63.4 Å². The molecule has 0 amide bonds. The second kappa shape index (κ2) is 10.9. The zero-order chi connectivity index (χ0) is 29.5. The van der Waals surface area contributed by atoms with E-state index in [4.69, 9.17) is 16.2 Å². The van der Waals surface area contributed by atoms with Gasteiger partial charge in [-0.3, -0.25) is 14.7 Å². The highest BCUT2D eigenvalue weighted by atomic mass is 32.1. The number of nitrogens with zero attached hydrogens (tertiary/aromatic N) is 3. The van der Waals surface area contributed by atoms with E-state index >= 15 is 8.78 Å². The number of thiazole rings is 1. The number of fused-ring (bicyclic) bond motifs is 2. The Hall–Kier alpha value is -3.69. The highest BCUT2D eigenvalue weighted by molar-refractivity contribution is 7.11. The fourth-order valence-electron chi connectivity index (χ4n) is 6.45. The van der Waals surface area contributed by atoms with E-state index in [0.717, 1.165) is 0 Å². The van der Waals surface area contributed by atoms with Crippen LogP contribution in [0.15, 0.2) is 46.0 Å². The zero-order valence-corrected chi connectivity index (χ0v) is 23.3. The number of hydrogen-bond donors (Lipinski definition) is 2. The van der Waals surface area contributed by atoms with Gasteiger partial charge in [0.2, 0.25) is 0 Å². The quantitative estimate of drug-likeness (QED) is 0.346. The van der Waals surface area contributed by atoms with Gasteiger partial charge in [0, 0.05) is 47.8 Å². The number of halogens is 3. The number of alkyl halides is 2. The minimum Gasteiger partial charge on any atom is -0.481 e. The number of aliphatic imine (C=N–C) groups is 1. The SMILES string of the molecule is C#Cc1cc(F)ccc1C1N=C(c2nccs2)NC(CN2[C@H]3C[C@@H](CC(=O)O)C[C@]2(C)CC3(F)F)=C1C(=O)OCC. The Balaban J connectivity index is 1.63. The van der Waals surface area contributed by atoms with Gasteiger partial charge in [0.15, 0.2) is 10.8 Å². The van der Waals surface area contributed by atoms with E-state index in [1.807, 2.05) is 0 Å². The molecule has 216 valence electrons. The maximum Gasteiger partial charge on any atom is 0.338 e. The van der Waals surface area contributed by atoms with Crippen LogP contribution in [0.1, 0.15) is 61.7 Å². The lowest BCUT2D eigenvalue weighted by atomic mass is 9.80. The summed E-state index contributed by atoms with van der Waals surface area (Å²) in [5.41, 5.74) is -0.0782. The molecular weight excluding hydrogens is 557 g/mol. The molecule has 2 aromatic rings. The number of nitrogens with one attached hydrogen (secondary N) is 1. The average Bonchev–Trinajstić information content (AvgIpc) is 3.47. The Bertz CT molecular complexity index is 1470. The molecule has 2 saturated heterocycles. The molecule has 2 fully saturated rings. The molecule has 0 saturated carbocycles. The van der Waals surface area contributed by atoms with Gasteiger partial charge >= 0.3 is 11.9 Å². The topological polar surface area (TPSA) is 104 Å². The van der Waals surface area contributed by atoms with Crippen LogP contribution >= 0.6 is 11.3 Å². The van der Waals surface area contributed by atoms with E-state index in [1.165, 1.54) is 29.5 Å². The van der Waals surface area contributed by atoms with E-state index in [9.17, 15) is 19.1 Å². The van der Waals surface area contributed by atoms with Gasteiger partial charge < -0.3 is 15.2 Å². The molecule has 2 N–H and O–H groups in total. The number of aromatic nitrogens is 1. The number of amidine groups is 1. The van der Waals surface area contributed by atoms with Crippen molar-refractivity contribution < 1.29 is 32.6 Å². The van der Waals surface area contributed by atoms with Crippen molar-refractivity contribution in [1.82, 2.24) is 15.2 Å². The molecule has 41 heavy (non-hydrogen) atoms. The summed E-state index contributed by atoms with van der Waals surface area (Å²) in [6, 6.07) is 1.60. The van der Waals surface area contributed by atoms with Crippen LogP contribution in [-0.2, 0) is 14.3 Å². The lowest BCUT2D eigenvalue weighted by Gasteiger charge is -2.46. The number of hydrogen-bond acceptors (Lipinski definition) is 8. The molecule has 1 aromatic carbocycles. The predicted molar refractivity (Wildman–Crippen MR) is 146 cm³/mol. The van der Waals surface area contributed by atoms with E-state index < -0.39 is 53.6 Å². The molecule has 5 rings (SSSR count). The van der Waals surface area contributed by atoms with Gasteiger partial charge in [0.05, 0.1) is 18.2 Å². The van der Waals surface area contributed by atoms with Gasteiger partial charge in [-0.05, 0) is 50.3 Å². The van der Waals surface area contributed by atoms with Gasteiger partial charge in [-0.15, -0.1) is 17.8 Å². The van der Waals surface area contributed by atoms with Crippen LogP contribution in [0.25, 0.3) is 0 Å². The Labute approximate surface area is 239 Å². The van der Waals surface area contributed by atoms with Crippen molar-refractivity contribution in [3.63, 3.8) is 0 Å². The van der Waals surface area contributed by atoms with Crippen molar-refractivity contribution in [2.24, 2.45) is 10.9 Å². The summed E-state index contributed by atoms with van der Waals surface area (Å²) >= 11 is 1.29. The lowest BCUT2D eigenvalue weighted by Crippen LogP contribution is -2.54. The van der Waals surface area contributed by atoms with Crippen molar-refractivity contribution in [1.29, 1.82) is 0 Å². The van der Waals surface area contributed by atoms with Gasteiger partial charge in [0.1, 0.15) is 11.9 Å². The van der Waals surface area contributed by atoms with Crippen molar-refractivity contribution >= 4 is 29.1 Å². The number of carbonyl (C=O) groups is 2. The summed E-state index contributed by atoms with van der Waals surface area (Å²) in [4.78, 5) is 35.6. The van der Waals surface area contributed by atoms with Crippen LogP contribution in [0.2, 0.25) is 0 Å². The van der Waals surface area contributed by atoms with Gasteiger partial charge in [-0.2, -0.15) is 0 Å². The number of esters is 1. The fourth-order valence-corrected chi connectivity index (χ4v) is 7.04. The number of carboxylic acid groups (broad SMARTS) is 1. The maximum atomic E-state index is 15.4. The summed E-state index contributed by atoms with van der Waals surface area (Å²) in [7, 11) is 0. The molecule has 3 aliphatic rings. The van der Waals surface area contributed by atoms with Crippen molar-refractivity contribution in [3.05, 3.63) is 63.0 Å². The number of carbonyl (C=O) groups excluding carboxylic acids is 1. The van der Waals surface area contributed by atoms with Gasteiger partial charge in [-0.25, -0.2) is 22.9 Å². The minimum absolute atomic E-state index is 0.00691. The first-order chi connectivity index (χ1) is 19.5. The van der Waals surface area contributed by atoms with Gasteiger partial charge in [-0.1, -0.05) is 12.0 Å². The zero-order valence-electron chi connectivity index (χ0n) is 22.5. The molecule has 4 atom stereocenters. The van der Waals surface area contributed by atoms with Crippen LogP contribution in [0.5, 0.6) is 0 Å². The molecule has 1 aromatic heterocycles. The third kappa shape index (κ3) is 5.48. The van der Waals surface area contributed by atoms with Crippen LogP contribution in [0, 0.1) is 24.1 Å². The number of aliphatic carboxylic acids is 1. The lowest BCUT2D eigenvalue weighted by molar-refractivity contribution is -0.140. The molecule has 0 radical (unpaired) electrons. The molecule has 8 nitrogen and oxygen atoms in total. The summed E-state index contributed by atoms with van der Waals surface area (Å²) in [6.45, 7) is 3.33. The molecule has 1 unspecified atom stereocenters. The Kier molecular flexibility index (Phi) is 7.70. The third-order valence-corrected chi connectivity index (χ3v) is 8.75. The van der Waals surface area contributed by atoms with Crippen molar-refractivity contribution in [2.45, 2.75) is 63.1 Å². The summed E-state index contributed by atoms with van der Waals surface area (Å²) in [6.07, 6.45) is 6.94. The molecule has 0 spiro atoms. The van der Waals surface area contributed by atoms with Crippen LogP contribution < -0.4 is 5.32 Å². The first kappa shape index (κ1) is 28.8. The molecule has 3 aliphatic heterocycles. The third-order valence-electron chi connectivity index (χ3n) is 7.97. The summed E-state index contributed by atoms with van der Waals surface area (Å²) < 4.78 is 50.3. The number of benzene rings is 1. The highest BCUT2D eigenvalue weighted by Crippen LogP contribution is 2.54. The Morgan fingerprint density at radius 3 is 2.78 bits per heavy atom. The van der Waals surface area contributed by atoms with Crippen molar-refractivity contribution in [3.8, 4) is 12.3 Å². The largest absolute Gasteiger partial charge is 0.481 e. The first-order valence-corrected chi connectivity index (χ1v) is 14.1. The number of piperidine rings is 1. The number of terminal acetylenes is 1. The van der Waals surface area contributed by atoms with Crippen LogP contribution in [0.4, 0.5) is 13.2 Å². The Morgan fingerprint density at radius 1 is 1.37 bits per heavy atom. The van der Waals surface area contributed by atoms with E-state index in [1.54, 1.807) is 30.3 Å². The maximum absolute atomic E-state index is 15.4. The van der Waals surface area contributed by atoms with Gasteiger partial charge in [0.25, 0.3) is 5.92 Å². The average molecular weight is 587 g/mol. The monoisotopic (exact) mass is 586 g/mol. The number of rotatable bonds is 8. The van der Waals surface area contributed by atoms with Crippen molar-refractivity contribution in [2.75, 3.05) is 13.2 Å². The molecule has 2 bridgehead atoms. The predicted octanol–water partition coefficient (Wildman–Crippen LogP) is 4.52. The number of carboxylic acids is 1.